The molecule has 2 aliphatic rings. The number of hydrogen-bond acceptors (Lipinski definition) is 5. The topological polar surface area (TPSA) is 60.0 Å². The summed E-state index contributed by atoms with van der Waals surface area (Å²) < 4.78 is 16.0. The third-order valence-corrected chi connectivity index (χ3v) is 3.59. The fraction of sp³-hybridized carbons (Fsp3) is 0.917. The normalized spacial score (nSPS) is 32.8. The number of morpholine rings is 1. The quantitative estimate of drug-likeness (QED) is 0.718. The van der Waals surface area contributed by atoms with Gasteiger partial charge in [0.2, 0.25) is 5.91 Å². The third-order valence-electron chi connectivity index (χ3n) is 3.59. The van der Waals surface area contributed by atoms with Crippen molar-refractivity contribution in [2.24, 2.45) is 0 Å². The van der Waals surface area contributed by atoms with Crippen LogP contribution in [0.3, 0.4) is 0 Å². The van der Waals surface area contributed by atoms with Crippen LogP contribution in [0.4, 0.5) is 0 Å². The molecule has 1 amide bonds. The molecule has 0 aromatic rings. The first-order chi connectivity index (χ1) is 8.74. The molecule has 3 atom stereocenters. The van der Waals surface area contributed by atoms with E-state index in [1.165, 1.54) is 0 Å². The van der Waals surface area contributed by atoms with Gasteiger partial charge in [0.1, 0.15) is 12.2 Å². The van der Waals surface area contributed by atoms with Crippen LogP contribution < -0.4 is 5.32 Å². The molecule has 2 fully saturated rings. The Morgan fingerprint density at radius 1 is 1.33 bits per heavy atom. The van der Waals surface area contributed by atoms with Gasteiger partial charge in [0.05, 0.1) is 13.2 Å². The van der Waals surface area contributed by atoms with Gasteiger partial charge in [0, 0.05) is 46.3 Å². The average Bonchev–Trinajstić information content (AvgIpc) is 2.83. The molecule has 2 rings (SSSR count). The van der Waals surface area contributed by atoms with E-state index in [9.17, 15) is 4.79 Å². The van der Waals surface area contributed by atoms with Crippen molar-refractivity contribution >= 4 is 5.91 Å². The maximum absolute atomic E-state index is 12.2. The van der Waals surface area contributed by atoms with E-state index in [1.807, 2.05) is 4.90 Å². The molecule has 0 bridgehead atoms. The largest absolute Gasteiger partial charge is 0.378 e. The predicted molar refractivity (Wildman–Crippen MR) is 65.4 cm³/mol. The summed E-state index contributed by atoms with van der Waals surface area (Å²) in [6, 6.07) is 0.133. The van der Waals surface area contributed by atoms with E-state index >= 15 is 0 Å². The van der Waals surface area contributed by atoms with Crippen molar-refractivity contribution in [1.29, 1.82) is 0 Å². The minimum atomic E-state index is -0.0190. The lowest BCUT2D eigenvalue weighted by Crippen LogP contribution is -2.45. The zero-order valence-electron chi connectivity index (χ0n) is 11.1. The molecule has 2 aliphatic heterocycles. The highest BCUT2D eigenvalue weighted by atomic mass is 16.5. The number of nitrogens with one attached hydrogen (secondary N) is 1. The van der Waals surface area contributed by atoms with Gasteiger partial charge in [-0.2, -0.15) is 0 Å². The summed E-state index contributed by atoms with van der Waals surface area (Å²) in [7, 11) is 3.31. The fourth-order valence-electron chi connectivity index (χ4n) is 2.49. The Morgan fingerprint density at radius 2 is 2.00 bits per heavy atom. The maximum atomic E-state index is 12.2. The molecule has 0 aromatic heterocycles. The molecule has 2 saturated heterocycles. The van der Waals surface area contributed by atoms with Crippen LogP contribution >= 0.6 is 0 Å². The summed E-state index contributed by atoms with van der Waals surface area (Å²) in [4.78, 5) is 14.0. The third kappa shape index (κ3) is 3.20. The standard InChI is InChI=1S/C12H22N2O4/c1-16-10-6-14(7-11(10)17-2)12(15)5-9-8-18-4-3-13-9/h9-11,13H,3-8H2,1-2H3. The molecule has 0 aromatic carbocycles. The zero-order chi connectivity index (χ0) is 13.0. The first-order valence-corrected chi connectivity index (χ1v) is 6.39. The van der Waals surface area contributed by atoms with Gasteiger partial charge >= 0.3 is 0 Å². The first kappa shape index (κ1) is 13.7. The Bertz CT molecular complexity index is 269. The molecular formula is C12H22N2O4. The van der Waals surface area contributed by atoms with E-state index in [0.29, 0.717) is 26.1 Å². The van der Waals surface area contributed by atoms with Crippen molar-refractivity contribution in [2.75, 3.05) is 47.1 Å². The van der Waals surface area contributed by atoms with E-state index in [2.05, 4.69) is 5.32 Å². The van der Waals surface area contributed by atoms with Crippen LogP contribution in [-0.4, -0.2) is 76.1 Å². The predicted octanol–water partition coefficient (Wildman–Crippen LogP) is -0.763. The van der Waals surface area contributed by atoms with Crippen LogP contribution in [0.15, 0.2) is 0 Å². The van der Waals surface area contributed by atoms with Crippen molar-refractivity contribution < 1.29 is 19.0 Å². The first-order valence-electron chi connectivity index (χ1n) is 6.39. The number of nitrogens with zero attached hydrogens (tertiary/aromatic N) is 1. The highest BCUT2D eigenvalue weighted by Crippen LogP contribution is 2.17. The van der Waals surface area contributed by atoms with Gasteiger partial charge in [-0.25, -0.2) is 0 Å². The van der Waals surface area contributed by atoms with Crippen LogP contribution in [0.25, 0.3) is 0 Å². The van der Waals surface area contributed by atoms with E-state index in [1.54, 1.807) is 14.2 Å². The second-order valence-corrected chi connectivity index (χ2v) is 4.78. The minimum Gasteiger partial charge on any atom is -0.378 e. The van der Waals surface area contributed by atoms with Gasteiger partial charge < -0.3 is 24.4 Å². The molecule has 3 unspecified atom stereocenters. The van der Waals surface area contributed by atoms with Gasteiger partial charge in [0.15, 0.2) is 0 Å². The van der Waals surface area contributed by atoms with Crippen molar-refractivity contribution in [3.05, 3.63) is 0 Å². The SMILES string of the molecule is COC1CN(C(=O)CC2COCCN2)CC1OC. The summed E-state index contributed by atoms with van der Waals surface area (Å²) in [5.41, 5.74) is 0. The number of carbonyl (C=O) groups excluding carboxylic acids is 1. The molecule has 0 aliphatic carbocycles. The number of ether oxygens (including phenoxy) is 3. The summed E-state index contributed by atoms with van der Waals surface area (Å²) in [5, 5.41) is 3.29. The lowest BCUT2D eigenvalue weighted by molar-refractivity contribution is -0.132. The number of methoxy groups -OCH3 is 2. The molecule has 6 nitrogen and oxygen atoms in total. The fourth-order valence-corrected chi connectivity index (χ4v) is 2.49. The molecule has 0 saturated carbocycles. The average molecular weight is 258 g/mol. The van der Waals surface area contributed by atoms with E-state index in [4.69, 9.17) is 14.2 Å². The van der Waals surface area contributed by atoms with E-state index < -0.39 is 0 Å². The highest BCUT2D eigenvalue weighted by molar-refractivity contribution is 5.77. The summed E-state index contributed by atoms with van der Waals surface area (Å²) in [5.74, 6) is 0.139. The molecule has 18 heavy (non-hydrogen) atoms. The zero-order valence-corrected chi connectivity index (χ0v) is 11.1. The number of hydrogen-bond donors (Lipinski definition) is 1. The van der Waals surface area contributed by atoms with Gasteiger partial charge in [-0.15, -0.1) is 0 Å². The Morgan fingerprint density at radius 3 is 2.50 bits per heavy atom. The monoisotopic (exact) mass is 258 g/mol. The van der Waals surface area contributed by atoms with Crippen LogP contribution in [0.2, 0.25) is 0 Å². The smallest absolute Gasteiger partial charge is 0.224 e. The van der Waals surface area contributed by atoms with Crippen LogP contribution in [0, 0.1) is 0 Å². The van der Waals surface area contributed by atoms with Crippen molar-refractivity contribution in [3.8, 4) is 0 Å². The molecule has 0 spiro atoms. The number of carbonyl (C=O) groups is 1. The highest BCUT2D eigenvalue weighted by Gasteiger charge is 2.36. The van der Waals surface area contributed by atoms with E-state index in [0.717, 1.165) is 13.2 Å². The summed E-state index contributed by atoms with van der Waals surface area (Å²) in [6.07, 6.45) is 0.441. The Labute approximate surface area is 108 Å². The van der Waals surface area contributed by atoms with Gasteiger partial charge in [-0.1, -0.05) is 0 Å². The summed E-state index contributed by atoms with van der Waals surface area (Å²) in [6.45, 7) is 3.38. The van der Waals surface area contributed by atoms with Gasteiger partial charge in [0.25, 0.3) is 0 Å². The van der Waals surface area contributed by atoms with Crippen molar-refractivity contribution in [3.63, 3.8) is 0 Å². The second-order valence-electron chi connectivity index (χ2n) is 4.78. The second kappa shape index (κ2) is 6.47. The lowest BCUT2D eigenvalue weighted by Gasteiger charge is -2.25. The molecule has 0 radical (unpaired) electrons. The number of rotatable bonds is 4. The maximum Gasteiger partial charge on any atom is 0.224 e. The number of likely N-dealkylation sites (tertiary alicyclic amines) is 1. The Kier molecular flexibility index (Phi) is 4.94. The molecule has 6 heteroatoms. The molecule has 2 heterocycles. The summed E-state index contributed by atoms with van der Waals surface area (Å²) >= 11 is 0. The Hall–Kier alpha value is -0.690. The van der Waals surface area contributed by atoms with Gasteiger partial charge in [-0.3, -0.25) is 4.79 Å². The van der Waals surface area contributed by atoms with Crippen molar-refractivity contribution in [1.82, 2.24) is 10.2 Å². The van der Waals surface area contributed by atoms with Gasteiger partial charge in [-0.05, 0) is 0 Å². The van der Waals surface area contributed by atoms with E-state index in [-0.39, 0.29) is 24.2 Å². The minimum absolute atomic E-state index is 0.0190. The molecule has 104 valence electrons. The van der Waals surface area contributed by atoms with Crippen LogP contribution in [-0.2, 0) is 19.0 Å². The lowest BCUT2D eigenvalue weighted by atomic mass is 10.2. The number of amides is 1. The molecular weight excluding hydrogens is 236 g/mol. The van der Waals surface area contributed by atoms with Crippen molar-refractivity contribution in [2.45, 2.75) is 24.7 Å². The molecule has 1 N–H and O–H groups in total. The Balaban J connectivity index is 1.82. The van der Waals surface area contributed by atoms with Crippen LogP contribution in [0.5, 0.6) is 0 Å². The van der Waals surface area contributed by atoms with Crippen LogP contribution in [0.1, 0.15) is 6.42 Å².